The van der Waals surface area contributed by atoms with Crippen LogP contribution in [0, 0.1) is 20.8 Å². The largest absolute Gasteiger partial charge is 0.433 e. The molecule has 0 spiro atoms. The van der Waals surface area contributed by atoms with Crippen LogP contribution in [0.2, 0.25) is 0 Å². The Kier molecular flexibility index (Phi) is 4.39. The molecule has 0 saturated heterocycles. The van der Waals surface area contributed by atoms with Crippen molar-refractivity contribution in [1.82, 2.24) is 19.7 Å². The van der Waals surface area contributed by atoms with Gasteiger partial charge in [-0.1, -0.05) is 0 Å². The van der Waals surface area contributed by atoms with E-state index in [-0.39, 0.29) is 17.7 Å². The number of hydrogen-bond acceptors (Lipinski definition) is 4. The zero-order chi connectivity index (χ0) is 16.5. The molecule has 0 aromatic carbocycles. The van der Waals surface area contributed by atoms with E-state index in [1.807, 2.05) is 26.8 Å². The molecule has 0 radical (unpaired) electrons. The van der Waals surface area contributed by atoms with Crippen LogP contribution in [0.25, 0.3) is 0 Å². The molecule has 1 atom stereocenters. The van der Waals surface area contributed by atoms with Gasteiger partial charge in [-0.25, -0.2) is 9.97 Å². The smallest absolute Gasteiger partial charge is 0.350 e. The first-order chi connectivity index (χ1) is 10.1. The number of alkyl halides is 3. The van der Waals surface area contributed by atoms with Crippen molar-refractivity contribution in [2.24, 2.45) is 0 Å². The fraction of sp³-hybridized carbons (Fsp3) is 0.500. The quantitative estimate of drug-likeness (QED) is 0.942. The lowest BCUT2D eigenvalue weighted by Gasteiger charge is -2.16. The summed E-state index contributed by atoms with van der Waals surface area (Å²) in [5, 5.41) is 7.22. The van der Waals surface area contributed by atoms with Gasteiger partial charge in [0.25, 0.3) is 0 Å². The number of anilines is 1. The maximum atomic E-state index is 12.8. The Morgan fingerprint density at radius 2 is 1.82 bits per heavy atom. The highest BCUT2D eigenvalue weighted by atomic mass is 19.4. The van der Waals surface area contributed by atoms with Gasteiger partial charge < -0.3 is 5.32 Å². The highest BCUT2D eigenvalue weighted by Gasteiger charge is 2.33. The van der Waals surface area contributed by atoms with Crippen LogP contribution in [0.3, 0.4) is 0 Å². The van der Waals surface area contributed by atoms with Gasteiger partial charge in [0.2, 0.25) is 5.95 Å². The molecule has 0 unspecified atom stereocenters. The standard InChI is InChI=1S/C14H18F3N5/c1-8-6-12(14(15,16)17)20-13(18-8)19-10(3)7-22-11(4)5-9(2)21-22/h5-6,10H,7H2,1-4H3,(H,18,19,20)/t10-/m0/s1. The van der Waals surface area contributed by atoms with E-state index in [0.29, 0.717) is 6.54 Å². The monoisotopic (exact) mass is 313 g/mol. The van der Waals surface area contributed by atoms with E-state index in [2.05, 4.69) is 20.4 Å². The van der Waals surface area contributed by atoms with E-state index in [1.165, 1.54) is 6.92 Å². The summed E-state index contributed by atoms with van der Waals surface area (Å²) in [6, 6.07) is 2.70. The SMILES string of the molecule is Cc1cc(C(F)(F)F)nc(N[C@@H](C)Cn2nc(C)cc2C)n1. The number of aromatic nitrogens is 4. The molecule has 120 valence electrons. The van der Waals surface area contributed by atoms with Crippen molar-refractivity contribution in [2.45, 2.75) is 46.5 Å². The third kappa shape index (κ3) is 3.96. The minimum absolute atomic E-state index is 0.0265. The van der Waals surface area contributed by atoms with Gasteiger partial charge in [0.15, 0.2) is 0 Å². The fourth-order valence-corrected chi connectivity index (χ4v) is 2.16. The Morgan fingerprint density at radius 1 is 1.14 bits per heavy atom. The summed E-state index contributed by atoms with van der Waals surface area (Å²) in [4.78, 5) is 7.54. The Balaban J connectivity index is 2.13. The third-order valence-corrected chi connectivity index (χ3v) is 3.07. The fourth-order valence-electron chi connectivity index (χ4n) is 2.16. The molecule has 0 aliphatic carbocycles. The molecule has 0 amide bonds. The molecule has 0 aliphatic heterocycles. The Bertz CT molecular complexity index is 663. The Hall–Kier alpha value is -2.12. The first-order valence-electron chi connectivity index (χ1n) is 6.85. The van der Waals surface area contributed by atoms with E-state index in [4.69, 9.17) is 0 Å². The summed E-state index contributed by atoms with van der Waals surface area (Å²) < 4.78 is 40.1. The molecule has 5 nitrogen and oxygen atoms in total. The highest BCUT2D eigenvalue weighted by Crippen LogP contribution is 2.28. The van der Waals surface area contributed by atoms with Gasteiger partial charge in [0, 0.05) is 17.4 Å². The van der Waals surface area contributed by atoms with Gasteiger partial charge in [-0.15, -0.1) is 0 Å². The summed E-state index contributed by atoms with van der Waals surface area (Å²) in [5.41, 5.74) is 1.21. The number of rotatable bonds is 4. The van der Waals surface area contributed by atoms with Gasteiger partial charge in [-0.05, 0) is 39.8 Å². The third-order valence-electron chi connectivity index (χ3n) is 3.07. The lowest BCUT2D eigenvalue weighted by Crippen LogP contribution is -2.25. The van der Waals surface area contributed by atoms with E-state index in [0.717, 1.165) is 17.5 Å². The van der Waals surface area contributed by atoms with Crippen LogP contribution in [0.4, 0.5) is 19.1 Å². The normalized spacial score (nSPS) is 13.2. The Labute approximate surface area is 126 Å². The minimum atomic E-state index is -4.48. The number of nitrogens with one attached hydrogen (secondary N) is 1. The number of aryl methyl sites for hydroxylation is 3. The van der Waals surface area contributed by atoms with Crippen molar-refractivity contribution < 1.29 is 13.2 Å². The maximum Gasteiger partial charge on any atom is 0.433 e. The summed E-state index contributed by atoms with van der Waals surface area (Å²) in [6.45, 7) is 7.68. The number of hydrogen-bond donors (Lipinski definition) is 1. The second-order valence-electron chi connectivity index (χ2n) is 5.37. The summed E-state index contributed by atoms with van der Waals surface area (Å²) in [6.07, 6.45) is -4.48. The maximum absolute atomic E-state index is 12.8. The molecule has 0 fully saturated rings. The van der Waals surface area contributed by atoms with Gasteiger partial charge >= 0.3 is 6.18 Å². The molecular weight excluding hydrogens is 295 g/mol. The van der Waals surface area contributed by atoms with Crippen molar-refractivity contribution >= 4 is 5.95 Å². The summed E-state index contributed by atoms with van der Waals surface area (Å²) in [5.74, 6) is -0.0265. The molecule has 1 N–H and O–H groups in total. The molecule has 0 bridgehead atoms. The van der Waals surface area contributed by atoms with E-state index in [9.17, 15) is 13.2 Å². The average Bonchev–Trinajstić information content (AvgIpc) is 2.65. The van der Waals surface area contributed by atoms with Crippen molar-refractivity contribution in [3.63, 3.8) is 0 Å². The first-order valence-corrected chi connectivity index (χ1v) is 6.85. The van der Waals surface area contributed by atoms with Crippen molar-refractivity contribution in [1.29, 1.82) is 0 Å². The van der Waals surface area contributed by atoms with E-state index in [1.54, 1.807) is 4.68 Å². The van der Waals surface area contributed by atoms with E-state index < -0.39 is 11.9 Å². The van der Waals surface area contributed by atoms with Crippen LogP contribution in [0.15, 0.2) is 12.1 Å². The van der Waals surface area contributed by atoms with Crippen LogP contribution in [-0.4, -0.2) is 25.8 Å². The molecule has 0 aliphatic rings. The van der Waals surface area contributed by atoms with Crippen LogP contribution >= 0.6 is 0 Å². The predicted molar refractivity (Wildman–Crippen MR) is 76.6 cm³/mol. The van der Waals surface area contributed by atoms with Crippen LogP contribution in [0.5, 0.6) is 0 Å². The lowest BCUT2D eigenvalue weighted by atomic mass is 10.3. The topological polar surface area (TPSA) is 55.6 Å². The second kappa shape index (κ2) is 5.94. The van der Waals surface area contributed by atoms with Crippen LogP contribution < -0.4 is 5.32 Å². The first kappa shape index (κ1) is 16.3. The molecule has 2 aromatic rings. The van der Waals surface area contributed by atoms with Crippen LogP contribution in [0.1, 0.15) is 29.7 Å². The van der Waals surface area contributed by atoms with Crippen LogP contribution in [-0.2, 0) is 12.7 Å². The predicted octanol–water partition coefficient (Wildman–Crippen LogP) is 3.12. The van der Waals surface area contributed by atoms with Gasteiger partial charge in [-0.3, -0.25) is 4.68 Å². The zero-order valence-electron chi connectivity index (χ0n) is 12.9. The molecule has 2 aromatic heterocycles. The Morgan fingerprint density at radius 3 is 2.36 bits per heavy atom. The van der Waals surface area contributed by atoms with Gasteiger partial charge in [0.05, 0.1) is 12.2 Å². The molecule has 2 rings (SSSR count). The summed E-state index contributed by atoms with van der Waals surface area (Å²) >= 11 is 0. The highest BCUT2D eigenvalue weighted by molar-refractivity contribution is 5.30. The molecule has 22 heavy (non-hydrogen) atoms. The lowest BCUT2D eigenvalue weighted by molar-refractivity contribution is -0.141. The van der Waals surface area contributed by atoms with E-state index >= 15 is 0 Å². The van der Waals surface area contributed by atoms with Gasteiger partial charge in [-0.2, -0.15) is 18.3 Å². The van der Waals surface area contributed by atoms with Crippen molar-refractivity contribution in [2.75, 3.05) is 5.32 Å². The second-order valence-corrected chi connectivity index (χ2v) is 5.37. The van der Waals surface area contributed by atoms with Gasteiger partial charge in [0.1, 0.15) is 5.69 Å². The molecular formula is C14H18F3N5. The molecule has 8 heteroatoms. The van der Waals surface area contributed by atoms with Crippen molar-refractivity contribution in [3.05, 3.63) is 34.9 Å². The average molecular weight is 313 g/mol. The summed E-state index contributed by atoms with van der Waals surface area (Å²) in [7, 11) is 0. The molecule has 2 heterocycles. The van der Waals surface area contributed by atoms with Crippen molar-refractivity contribution in [3.8, 4) is 0 Å². The minimum Gasteiger partial charge on any atom is -0.350 e. The number of halogens is 3. The zero-order valence-corrected chi connectivity index (χ0v) is 12.9. The molecule has 0 saturated carbocycles. The number of nitrogens with zero attached hydrogens (tertiary/aromatic N) is 4.